The molecular weight excluding hydrogens is 839 g/mol. The topological polar surface area (TPSA) is 214 Å². The smallest absolute Gasteiger partial charge is 0.312 e. The molecule has 2 amide bonds. The lowest BCUT2D eigenvalue weighted by Gasteiger charge is -2.38. The van der Waals surface area contributed by atoms with E-state index in [2.05, 4.69) is 5.32 Å². The van der Waals surface area contributed by atoms with E-state index in [9.17, 15) is 39.6 Å². The van der Waals surface area contributed by atoms with Gasteiger partial charge in [-0.25, -0.2) is 5.01 Å². The second-order valence-electron chi connectivity index (χ2n) is 17.5. The SMILES string of the molecule is CCCCN(C(=O)COc1cc2c(O)c3c(O)c(C)c4c(c13)C(=O)C(C)(O/C=C\C(OC)C(C)C(OC(C)=O)C(C)C(O)C(C)C(O)C(C)/C=C\C=C(\C)C(=O)N2)O4)N(CCC)CCC. The number of ketones is 1. The molecule has 5 rings (SSSR count). The van der Waals surface area contributed by atoms with Crippen LogP contribution >= 0.6 is 0 Å². The number of phenolic OH excluding ortho intramolecular Hbond substituents is 2. The Morgan fingerprint density at radius 3 is 2.15 bits per heavy atom. The Morgan fingerprint density at radius 1 is 0.892 bits per heavy atom. The van der Waals surface area contributed by atoms with Crippen LogP contribution in [0.2, 0.25) is 0 Å². The van der Waals surface area contributed by atoms with E-state index in [1.807, 2.05) is 25.8 Å². The molecule has 3 heterocycles. The van der Waals surface area contributed by atoms with E-state index in [1.54, 1.807) is 51.8 Å². The number of ether oxygens (including phenoxy) is 5. The number of unbranched alkanes of at least 4 members (excludes halogenated alkanes) is 1. The van der Waals surface area contributed by atoms with Crippen molar-refractivity contribution in [3.8, 4) is 23.0 Å². The van der Waals surface area contributed by atoms with Crippen LogP contribution in [0.25, 0.3) is 10.8 Å². The summed E-state index contributed by atoms with van der Waals surface area (Å²) in [7, 11) is 1.44. The number of anilines is 1. The lowest BCUT2D eigenvalue weighted by atomic mass is 9.78. The number of Topliss-reactive ketones (excluding diaryl/α,β-unsaturated/α-hetero) is 1. The monoisotopic (exact) mass is 909 g/mol. The van der Waals surface area contributed by atoms with Crippen molar-refractivity contribution in [3.05, 3.63) is 53.3 Å². The molecule has 2 aromatic carbocycles. The van der Waals surface area contributed by atoms with Gasteiger partial charge in [-0.1, -0.05) is 73.1 Å². The minimum Gasteiger partial charge on any atom is -0.507 e. The van der Waals surface area contributed by atoms with Gasteiger partial charge in [0.05, 0.1) is 41.2 Å². The van der Waals surface area contributed by atoms with E-state index >= 15 is 0 Å². The fraction of sp³-hybridized carbons (Fsp3) is 0.592. The molecule has 16 heteroatoms. The first-order valence-electron chi connectivity index (χ1n) is 22.7. The van der Waals surface area contributed by atoms with Crippen molar-refractivity contribution in [1.82, 2.24) is 10.0 Å². The zero-order valence-electron chi connectivity index (χ0n) is 40.1. The number of esters is 1. The zero-order valence-corrected chi connectivity index (χ0v) is 40.1. The zero-order chi connectivity index (χ0) is 48.5. The molecule has 3 aliphatic rings. The number of carbonyl (C=O) groups is 4. The number of nitrogens with one attached hydrogen (secondary N) is 1. The van der Waals surface area contributed by atoms with Crippen molar-refractivity contribution in [2.45, 2.75) is 132 Å². The molecule has 3 aliphatic heterocycles. The predicted octanol–water partition coefficient (Wildman–Crippen LogP) is 7.09. The van der Waals surface area contributed by atoms with Crippen LogP contribution in [0.4, 0.5) is 5.69 Å². The number of aliphatic hydroxyl groups is 2. The van der Waals surface area contributed by atoms with Crippen LogP contribution < -0.4 is 14.8 Å². The van der Waals surface area contributed by atoms with Gasteiger partial charge in [0, 0.05) is 86.9 Å². The molecule has 0 aliphatic carbocycles. The number of fused-ring (bicyclic) bond motifs is 14. The predicted molar refractivity (Wildman–Crippen MR) is 246 cm³/mol. The highest BCUT2D eigenvalue weighted by atomic mass is 16.7. The highest BCUT2D eigenvalue weighted by Crippen LogP contribution is 2.54. The summed E-state index contributed by atoms with van der Waals surface area (Å²) in [4.78, 5) is 54.9. The maximum Gasteiger partial charge on any atom is 0.312 e. The number of hydrazine groups is 1. The number of rotatable bonds is 13. The Labute approximate surface area is 383 Å². The number of allylic oxidation sites excluding steroid dienone is 2. The molecule has 0 spiro atoms. The molecule has 65 heavy (non-hydrogen) atoms. The Morgan fingerprint density at radius 2 is 1.55 bits per heavy atom. The Hall–Kier alpha value is -5.16. The van der Waals surface area contributed by atoms with E-state index in [0.717, 1.165) is 25.7 Å². The van der Waals surface area contributed by atoms with Gasteiger partial charge in [-0.15, -0.1) is 0 Å². The lowest BCUT2D eigenvalue weighted by Crippen LogP contribution is -2.49. The van der Waals surface area contributed by atoms with E-state index in [-0.39, 0.29) is 50.6 Å². The second-order valence-corrected chi connectivity index (χ2v) is 17.5. The first-order valence-corrected chi connectivity index (χ1v) is 22.7. The van der Waals surface area contributed by atoms with Crippen molar-refractivity contribution in [3.63, 3.8) is 0 Å². The molecule has 5 bridgehead atoms. The summed E-state index contributed by atoms with van der Waals surface area (Å²) in [5.41, 5.74) is 0.00208. The molecule has 360 valence electrons. The van der Waals surface area contributed by atoms with Crippen LogP contribution in [0.3, 0.4) is 0 Å². The molecule has 0 fully saturated rings. The summed E-state index contributed by atoms with van der Waals surface area (Å²) < 4.78 is 30.2. The molecule has 0 saturated heterocycles. The Balaban J connectivity index is 1.94. The minimum atomic E-state index is -2.04. The van der Waals surface area contributed by atoms with Gasteiger partial charge in [0.2, 0.25) is 0 Å². The van der Waals surface area contributed by atoms with E-state index in [1.165, 1.54) is 52.4 Å². The molecule has 9 atom stereocenters. The van der Waals surface area contributed by atoms with Gasteiger partial charge in [0.1, 0.15) is 23.4 Å². The average Bonchev–Trinajstić information content (AvgIpc) is 3.53. The Kier molecular flexibility index (Phi) is 18.4. The van der Waals surface area contributed by atoms with Gasteiger partial charge in [-0.3, -0.25) is 24.2 Å². The van der Waals surface area contributed by atoms with Gasteiger partial charge in [0.15, 0.2) is 12.4 Å². The first-order chi connectivity index (χ1) is 30.7. The number of phenols is 2. The molecule has 0 radical (unpaired) electrons. The van der Waals surface area contributed by atoms with Crippen LogP contribution in [0.15, 0.2) is 42.2 Å². The summed E-state index contributed by atoms with van der Waals surface area (Å²) in [5, 5.41) is 52.7. The van der Waals surface area contributed by atoms with Crippen LogP contribution in [0.1, 0.15) is 111 Å². The summed E-state index contributed by atoms with van der Waals surface area (Å²) in [5.74, 6) is -8.03. The minimum absolute atomic E-state index is 0.0547. The van der Waals surface area contributed by atoms with E-state index < -0.39 is 89.6 Å². The lowest BCUT2D eigenvalue weighted by molar-refractivity contribution is -0.160. The summed E-state index contributed by atoms with van der Waals surface area (Å²) in [6.07, 6.45) is 6.83. The molecule has 2 aromatic rings. The standard InChI is InChI=1S/C49H71N3O13/c1-13-16-23-52(51(21-14-2)22-15-3)37(54)26-62-36-25-34-44(58)39-38(36)40-46(32(9)43(39)57)65-49(11,47(40)59)63-24-20-35(61-12)29(6)45(64-33(10)53)31(8)42(56)30(7)41(55)27(4)18-17-19-28(5)48(60)50-34/h17-20,24-25,27,29-31,35,41-42,45,55-58H,13-16,21-23,26H2,1-12H3,(H,50,60)/b18-17-,24-20-,28-19-. The highest BCUT2D eigenvalue weighted by Gasteiger charge is 2.50. The van der Waals surface area contributed by atoms with Crippen LogP contribution in [0.5, 0.6) is 23.0 Å². The fourth-order valence-corrected chi connectivity index (χ4v) is 8.56. The maximum absolute atomic E-state index is 14.7. The van der Waals surface area contributed by atoms with Gasteiger partial charge >= 0.3 is 11.8 Å². The third-order valence-corrected chi connectivity index (χ3v) is 12.5. The van der Waals surface area contributed by atoms with Gasteiger partial charge < -0.3 is 49.4 Å². The van der Waals surface area contributed by atoms with Gasteiger partial charge in [0.25, 0.3) is 17.6 Å². The number of aliphatic hydroxyl groups excluding tert-OH is 2. The number of carbonyl (C=O) groups excluding carboxylic acids is 4. The third kappa shape index (κ3) is 11.6. The van der Waals surface area contributed by atoms with Crippen LogP contribution in [-0.4, -0.2) is 118 Å². The van der Waals surface area contributed by atoms with Crippen molar-refractivity contribution in [2.24, 2.45) is 23.7 Å². The van der Waals surface area contributed by atoms with Gasteiger partial charge in [-0.2, -0.15) is 0 Å². The summed E-state index contributed by atoms with van der Waals surface area (Å²) >= 11 is 0. The van der Waals surface area contributed by atoms with Crippen LogP contribution in [0, 0.1) is 30.6 Å². The van der Waals surface area contributed by atoms with Crippen molar-refractivity contribution < 1.29 is 63.3 Å². The highest BCUT2D eigenvalue weighted by molar-refractivity contribution is 6.21. The number of aromatic hydroxyl groups is 2. The number of nitrogens with zero attached hydrogens (tertiary/aromatic N) is 2. The molecule has 0 saturated carbocycles. The molecule has 16 nitrogen and oxygen atoms in total. The van der Waals surface area contributed by atoms with Crippen molar-refractivity contribution in [2.75, 3.05) is 38.7 Å². The average molecular weight is 910 g/mol. The molecule has 9 unspecified atom stereocenters. The first kappa shape index (κ1) is 52.5. The van der Waals surface area contributed by atoms with E-state index in [0.29, 0.717) is 19.6 Å². The summed E-state index contributed by atoms with van der Waals surface area (Å²) in [6, 6.07) is 1.30. The fourth-order valence-electron chi connectivity index (χ4n) is 8.56. The number of amides is 2. The molecule has 0 aromatic heterocycles. The number of hydrogen-bond donors (Lipinski definition) is 5. The third-order valence-electron chi connectivity index (χ3n) is 12.5. The number of hydrogen-bond acceptors (Lipinski definition) is 14. The largest absolute Gasteiger partial charge is 0.507 e. The Bertz CT molecular complexity index is 2130. The maximum atomic E-state index is 14.7. The normalized spacial score (nSPS) is 28.3. The summed E-state index contributed by atoms with van der Waals surface area (Å²) in [6.45, 7) is 20.0. The van der Waals surface area contributed by atoms with E-state index in [4.69, 9.17) is 23.7 Å². The van der Waals surface area contributed by atoms with Crippen LogP contribution in [-0.2, 0) is 28.6 Å². The number of benzene rings is 2. The van der Waals surface area contributed by atoms with Crippen molar-refractivity contribution >= 4 is 40.0 Å². The molecule has 5 N–H and O–H groups in total. The molecular formula is C49H71N3O13. The quantitative estimate of drug-likeness (QED) is 0.0771. The number of methoxy groups -OCH3 is 1. The van der Waals surface area contributed by atoms with Gasteiger partial charge in [-0.05, 0) is 39.2 Å². The van der Waals surface area contributed by atoms with Crippen molar-refractivity contribution in [1.29, 1.82) is 0 Å². The second kappa shape index (κ2) is 22.8.